The van der Waals surface area contributed by atoms with Crippen molar-refractivity contribution < 1.29 is 9.15 Å². The summed E-state index contributed by atoms with van der Waals surface area (Å²) < 4.78 is 11.1. The van der Waals surface area contributed by atoms with Gasteiger partial charge in [0.25, 0.3) is 5.89 Å². The lowest BCUT2D eigenvalue weighted by Crippen LogP contribution is -2.08. The molecule has 0 aliphatic heterocycles. The van der Waals surface area contributed by atoms with Crippen molar-refractivity contribution in [3.63, 3.8) is 0 Å². The van der Waals surface area contributed by atoms with Crippen LogP contribution >= 0.6 is 0 Å². The minimum absolute atomic E-state index is 0.294. The van der Waals surface area contributed by atoms with Crippen LogP contribution < -0.4 is 10.1 Å². The molecule has 0 spiro atoms. The fraction of sp³-hybridized carbons (Fsp3) is 0.385. The average molecular weight is 247 g/mol. The van der Waals surface area contributed by atoms with Gasteiger partial charge in [-0.25, -0.2) is 0 Å². The number of nitrogens with zero attached hydrogens (tertiary/aromatic N) is 2. The third-order valence-corrected chi connectivity index (χ3v) is 2.57. The van der Waals surface area contributed by atoms with E-state index in [2.05, 4.69) is 15.5 Å². The second-order valence-electron chi connectivity index (χ2n) is 4.10. The second-order valence-corrected chi connectivity index (χ2v) is 4.10. The zero-order valence-corrected chi connectivity index (χ0v) is 10.9. The molecule has 5 heteroatoms. The lowest BCUT2D eigenvalue weighted by molar-refractivity contribution is 0.256. The van der Waals surface area contributed by atoms with Crippen LogP contribution in [0.4, 0.5) is 0 Å². The van der Waals surface area contributed by atoms with E-state index in [1.807, 2.05) is 32.2 Å². The van der Waals surface area contributed by atoms with Crippen LogP contribution in [0.1, 0.15) is 22.9 Å². The first-order valence-electron chi connectivity index (χ1n) is 5.85. The molecule has 96 valence electrons. The van der Waals surface area contributed by atoms with Crippen molar-refractivity contribution in [3.05, 3.63) is 41.1 Å². The molecule has 1 aromatic carbocycles. The van der Waals surface area contributed by atoms with Crippen molar-refractivity contribution in [1.29, 1.82) is 0 Å². The molecule has 2 aromatic rings. The fourth-order valence-corrected chi connectivity index (χ4v) is 1.78. The van der Waals surface area contributed by atoms with Gasteiger partial charge in [-0.05, 0) is 19.5 Å². The fourth-order valence-electron chi connectivity index (χ4n) is 1.78. The second kappa shape index (κ2) is 5.64. The maximum Gasteiger partial charge on any atom is 0.253 e. The summed E-state index contributed by atoms with van der Waals surface area (Å²) in [5, 5.41) is 10.8. The molecular formula is C13H17N3O2. The highest BCUT2D eigenvalue weighted by Gasteiger charge is 2.09. The number of hydrogen-bond acceptors (Lipinski definition) is 5. The van der Waals surface area contributed by atoms with Crippen LogP contribution in [0.2, 0.25) is 0 Å². The van der Waals surface area contributed by atoms with Crippen molar-refractivity contribution >= 4 is 0 Å². The molecule has 0 saturated carbocycles. The molecule has 5 nitrogen and oxygen atoms in total. The van der Waals surface area contributed by atoms with E-state index >= 15 is 0 Å². The van der Waals surface area contributed by atoms with Gasteiger partial charge in [-0.3, -0.25) is 0 Å². The van der Waals surface area contributed by atoms with Crippen molar-refractivity contribution in [2.45, 2.75) is 27.0 Å². The monoisotopic (exact) mass is 247 g/mol. The van der Waals surface area contributed by atoms with Gasteiger partial charge in [0.1, 0.15) is 5.75 Å². The first kappa shape index (κ1) is 12.6. The van der Waals surface area contributed by atoms with Gasteiger partial charge in [-0.1, -0.05) is 18.2 Å². The molecule has 0 unspecified atom stereocenters. The number of benzene rings is 1. The average Bonchev–Trinajstić information content (AvgIpc) is 2.75. The summed E-state index contributed by atoms with van der Waals surface area (Å²) in [6.45, 7) is 4.84. The lowest BCUT2D eigenvalue weighted by atomic mass is 10.1. The predicted molar refractivity (Wildman–Crippen MR) is 67.3 cm³/mol. The van der Waals surface area contributed by atoms with Crippen molar-refractivity contribution in [2.24, 2.45) is 0 Å². The molecule has 0 amide bonds. The van der Waals surface area contributed by atoms with E-state index in [0.717, 1.165) is 23.4 Å². The Bertz CT molecular complexity index is 523. The Labute approximate surface area is 106 Å². The van der Waals surface area contributed by atoms with E-state index in [4.69, 9.17) is 9.15 Å². The molecule has 0 fully saturated rings. The third-order valence-electron chi connectivity index (χ3n) is 2.57. The third kappa shape index (κ3) is 2.87. The van der Waals surface area contributed by atoms with E-state index in [9.17, 15) is 0 Å². The highest BCUT2D eigenvalue weighted by Crippen LogP contribution is 2.24. The summed E-state index contributed by atoms with van der Waals surface area (Å²) in [5.41, 5.74) is 2.22. The first-order chi connectivity index (χ1) is 8.70. The molecule has 0 aliphatic carbocycles. The van der Waals surface area contributed by atoms with Crippen LogP contribution in [-0.2, 0) is 13.2 Å². The van der Waals surface area contributed by atoms with Gasteiger partial charge in [-0.15, -0.1) is 10.2 Å². The first-order valence-corrected chi connectivity index (χ1v) is 5.85. The molecule has 0 radical (unpaired) electrons. The van der Waals surface area contributed by atoms with Gasteiger partial charge < -0.3 is 14.5 Å². The van der Waals surface area contributed by atoms with Crippen molar-refractivity contribution in [3.8, 4) is 5.75 Å². The molecule has 0 bridgehead atoms. The van der Waals surface area contributed by atoms with Gasteiger partial charge in [0, 0.05) is 19.0 Å². The normalized spacial score (nSPS) is 10.6. The zero-order chi connectivity index (χ0) is 13.0. The SMILES string of the molecule is CNCc1cccc(C)c1OCc1nnc(C)o1. The van der Waals surface area contributed by atoms with Crippen molar-refractivity contribution in [2.75, 3.05) is 7.05 Å². The Morgan fingerprint density at radius 3 is 2.78 bits per heavy atom. The van der Waals surface area contributed by atoms with Gasteiger partial charge in [0.05, 0.1) is 0 Å². The molecule has 0 atom stereocenters. The molecule has 0 aliphatic rings. The standard InChI is InChI=1S/C13H17N3O2/c1-9-5-4-6-11(7-14-3)13(9)17-8-12-16-15-10(2)18-12/h4-6,14H,7-8H2,1-3H3. The minimum Gasteiger partial charge on any atom is -0.483 e. The topological polar surface area (TPSA) is 60.2 Å². The Morgan fingerprint density at radius 1 is 1.28 bits per heavy atom. The molecule has 18 heavy (non-hydrogen) atoms. The van der Waals surface area contributed by atoms with Crippen molar-refractivity contribution in [1.82, 2.24) is 15.5 Å². The highest BCUT2D eigenvalue weighted by atomic mass is 16.5. The van der Waals surface area contributed by atoms with Gasteiger partial charge >= 0.3 is 0 Å². The van der Waals surface area contributed by atoms with Crippen LogP contribution in [0.25, 0.3) is 0 Å². The van der Waals surface area contributed by atoms with Crippen LogP contribution in [0.15, 0.2) is 22.6 Å². The lowest BCUT2D eigenvalue weighted by Gasteiger charge is -2.12. The summed E-state index contributed by atoms with van der Waals surface area (Å²) in [4.78, 5) is 0. The number of rotatable bonds is 5. The quantitative estimate of drug-likeness (QED) is 0.875. The molecule has 2 rings (SSSR count). The summed E-state index contributed by atoms with van der Waals surface area (Å²) in [6.07, 6.45) is 0. The summed E-state index contributed by atoms with van der Waals surface area (Å²) in [6, 6.07) is 6.08. The molecular weight excluding hydrogens is 230 g/mol. The Balaban J connectivity index is 2.12. The Morgan fingerprint density at radius 2 is 2.11 bits per heavy atom. The predicted octanol–water partition coefficient (Wildman–Crippen LogP) is 1.98. The largest absolute Gasteiger partial charge is 0.483 e. The molecule has 1 N–H and O–H groups in total. The smallest absolute Gasteiger partial charge is 0.253 e. The van der Waals surface area contributed by atoms with Crippen LogP contribution in [0.5, 0.6) is 5.75 Å². The summed E-state index contributed by atoms with van der Waals surface area (Å²) >= 11 is 0. The molecule has 1 aromatic heterocycles. The Hall–Kier alpha value is -1.88. The molecule has 1 heterocycles. The summed E-state index contributed by atoms with van der Waals surface area (Å²) in [7, 11) is 1.91. The number of ether oxygens (including phenoxy) is 1. The van der Waals surface area contributed by atoms with E-state index in [1.54, 1.807) is 6.92 Å². The number of hydrogen-bond donors (Lipinski definition) is 1. The number of aryl methyl sites for hydroxylation is 2. The maximum absolute atomic E-state index is 5.78. The van der Waals surface area contributed by atoms with E-state index < -0.39 is 0 Å². The zero-order valence-electron chi connectivity index (χ0n) is 10.9. The molecule has 0 saturated heterocycles. The number of nitrogens with one attached hydrogen (secondary N) is 1. The number of para-hydroxylation sites is 1. The highest BCUT2D eigenvalue weighted by molar-refractivity contribution is 5.40. The number of aromatic nitrogens is 2. The van der Waals surface area contributed by atoms with Crippen LogP contribution in [0.3, 0.4) is 0 Å². The van der Waals surface area contributed by atoms with E-state index in [1.165, 1.54) is 0 Å². The van der Waals surface area contributed by atoms with Crippen LogP contribution in [0, 0.1) is 13.8 Å². The van der Waals surface area contributed by atoms with Gasteiger partial charge in [-0.2, -0.15) is 0 Å². The van der Waals surface area contributed by atoms with E-state index in [-0.39, 0.29) is 0 Å². The van der Waals surface area contributed by atoms with Gasteiger partial charge in [0.2, 0.25) is 5.89 Å². The van der Waals surface area contributed by atoms with Gasteiger partial charge in [0.15, 0.2) is 6.61 Å². The van der Waals surface area contributed by atoms with E-state index in [0.29, 0.717) is 18.4 Å². The maximum atomic E-state index is 5.78. The Kier molecular flexibility index (Phi) is 3.94. The summed E-state index contributed by atoms with van der Waals surface area (Å²) in [5.74, 6) is 1.92. The van der Waals surface area contributed by atoms with Crippen LogP contribution in [-0.4, -0.2) is 17.2 Å². The minimum atomic E-state index is 0.294.